The van der Waals surface area contributed by atoms with Crippen molar-refractivity contribution in [1.29, 1.82) is 0 Å². The van der Waals surface area contributed by atoms with E-state index in [1.807, 2.05) is 0 Å². The molecular formula is C17H32O2Si. The third-order valence-corrected chi connectivity index (χ3v) is 9.44. The minimum atomic E-state index is -1.61. The minimum Gasteiger partial charge on any atom is -0.417 e. The fourth-order valence-electron chi connectivity index (χ4n) is 2.35. The van der Waals surface area contributed by atoms with Crippen molar-refractivity contribution in [2.45, 2.75) is 84.4 Å². The maximum Gasteiger partial charge on any atom is 0.191 e. The molecule has 0 N–H and O–H groups in total. The predicted molar refractivity (Wildman–Crippen MR) is 88.6 cm³/mol. The van der Waals surface area contributed by atoms with Crippen LogP contribution in [0.1, 0.15) is 66.2 Å². The van der Waals surface area contributed by atoms with Crippen LogP contribution in [0.2, 0.25) is 18.1 Å². The van der Waals surface area contributed by atoms with Gasteiger partial charge in [0, 0.05) is 13.0 Å². The third kappa shape index (κ3) is 4.85. The van der Waals surface area contributed by atoms with Gasteiger partial charge in [-0.05, 0) is 62.7 Å². The predicted octanol–water partition coefficient (Wildman–Crippen LogP) is 5.25. The summed E-state index contributed by atoms with van der Waals surface area (Å²) < 4.78 is 6.14. The molecule has 2 nitrogen and oxygen atoms in total. The molecule has 0 bridgehead atoms. The van der Waals surface area contributed by atoms with E-state index in [0.29, 0.717) is 12.2 Å². The molecule has 0 saturated heterocycles. The highest BCUT2D eigenvalue weighted by molar-refractivity contribution is 6.74. The second-order valence-corrected chi connectivity index (χ2v) is 12.4. The number of carbonyl (C=O) groups excluding carboxylic acids is 1. The van der Waals surface area contributed by atoms with Crippen LogP contribution >= 0.6 is 0 Å². The molecule has 0 aromatic heterocycles. The van der Waals surface area contributed by atoms with Gasteiger partial charge in [-0.15, -0.1) is 0 Å². The smallest absolute Gasteiger partial charge is 0.191 e. The minimum absolute atomic E-state index is 0.272. The van der Waals surface area contributed by atoms with Crippen LogP contribution in [0.5, 0.6) is 0 Å². The Labute approximate surface area is 126 Å². The maximum atomic E-state index is 12.1. The zero-order valence-electron chi connectivity index (χ0n) is 14.3. The van der Waals surface area contributed by atoms with Crippen LogP contribution in [0.3, 0.4) is 0 Å². The third-order valence-electron chi connectivity index (χ3n) is 4.90. The number of unbranched alkanes of at least 4 members (excludes halogenated alkanes) is 1. The summed E-state index contributed by atoms with van der Waals surface area (Å²) in [7, 11) is -1.61. The Kier molecular flexibility index (Phi) is 6.20. The van der Waals surface area contributed by atoms with Gasteiger partial charge in [0.2, 0.25) is 0 Å². The highest BCUT2D eigenvalue weighted by atomic mass is 28.4. The molecule has 3 heteroatoms. The highest BCUT2D eigenvalue weighted by Gasteiger charge is 2.36. The molecule has 0 fully saturated rings. The zero-order valence-corrected chi connectivity index (χ0v) is 15.3. The summed E-state index contributed by atoms with van der Waals surface area (Å²) in [6.07, 6.45) is 5.96. The van der Waals surface area contributed by atoms with Crippen molar-refractivity contribution in [3.05, 3.63) is 11.1 Å². The first-order valence-electron chi connectivity index (χ1n) is 8.01. The number of carbonyl (C=O) groups is 1. The van der Waals surface area contributed by atoms with Gasteiger partial charge in [-0.3, -0.25) is 4.79 Å². The van der Waals surface area contributed by atoms with E-state index in [1.54, 1.807) is 0 Å². The van der Waals surface area contributed by atoms with Crippen LogP contribution in [-0.2, 0) is 9.22 Å². The Morgan fingerprint density at radius 1 is 1.20 bits per heavy atom. The van der Waals surface area contributed by atoms with Crippen molar-refractivity contribution < 1.29 is 9.22 Å². The molecule has 1 rings (SSSR count). The standard InChI is InChI=1S/C17H32O2Si/c1-14-10-9-11-15(14)16(18)12-7-8-13-19-20(5,6)17(2,3)4/h7-13H2,1-6H3. The molecule has 20 heavy (non-hydrogen) atoms. The first-order valence-corrected chi connectivity index (χ1v) is 10.9. The van der Waals surface area contributed by atoms with Crippen LogP contribution in [0, 0.1) is 0 Å². The van der Waals surface area contributed by atoms with E-state index in [4.69, 9.17) is 4.43 Å². The summed E-state index contributed by atoms with van der Waals surface area (Å²) in [4.78, 5) is 12.1. The monoisotopic (exact) mass is 296 g/mol. The number of rotatable bonds is 7. The summed E-state index contributed by atoms with van der Waals surface area (Å²) in [6.45, 7) is 14.3. The van der Waals surface area contributed by atoms with Crippen molar-refractivity contribution in [1.82, 2.24) is 0 Å². The van der Waals surface area contributed by atoms with E-state index >= 15 is 0 Å². The molecular weight excluding hydrogens is 264 g/mol. The Morgan fingerprint density at radius 2 is 1.85 bits per heavy atom. The van der Waals surface area contributed by atoms with Crippen LogP contribution < -0.4 is 0 Å². The van der Waals surface area contributed by atoms with Gasteiger partial charge in [0.05, 0.1) is 0 Å². The van der Waals surface area contributed by atoms with E-state index in [2.05, 4.69) is 40.8 Å². The molecule has 0 heterocycles. The van der Waals surface area contributed by atoms with E-state index < -0.39 is 8.32 Å². The number of allylic oxidation sites excluding steroid dienone is 2. The zero-order chi connectivity index (χ0) is 15.4. The molecule has 116 valence electrons. The molecule has 0 unspecified atom stereocenters. The van der Waals surface area contributed by atoms with Gasteiger partial charge in [-0.1, -0.05) is 26.3 Å². The fraction of sp³-hybridized carbons (Fsp3) is 0.824. The normalized spacial score (nSPS) is 16.9. The van der Waals surface area contributed by atoms with Crippen LogP contribution in [0.25, 0.3) is 0 Å². The van der Waals surface area contributed by atoms with Gasteiger partial charge in [-0.25, -0.2) is 0 Å². The van der Waals surface area contributed by atoms with Gasteiger partial charge in [0.15, 0.2) is 14.1 Å². The largest absolute Gasteiger partial charge is 0.417 e. The first kappa shape index (κ1) is 17.6. The second-order valence-electron chi connectivity index (χ2n) is 7.60. The first-order chi connectivity index (χ1) is 9.15. The summed E-state index contributed by atoms with van der Waals surface area (Å²) in [5, 5.41) is 0.272. The summed E-state index contributed by atoms with van der Waals surface area (Å²) in [5.74, 6) is 0.382. The number of ketones is 1. The molecule has 1 aliphatic rings. The van der Waals surface area contributed by atoms with Gasteiger partial charge in [0.1, 0.15) is 0 Å². The van der Waals surface area contributed by atoms with Crippen LogP contribution in [0.4, 0.5) is 0 Å². The lowest BCUT2D eigenvalue weighted by atomic mass is 10.0. The molecule has 0 spiro atoms. The van der Waals surface area contributed by atoms with Gasteiger partial charge in [0.25, 0.3) is 0 Å². The van der Waals surface area contributed by atoms with Crippen LogP contribution in [0.15, 0.2) is 11.1 Å². The molecule has 0 aliphatic heterocycles. The topological polar surface area (TPSA) is 26.3 Å². The molecule has 0 saturated carbocycles. The maximum absolute atomic E-state index is 12.1. The van der Waals surface area contributed by atoms with E-state index in [9.17, 15) is 4.79 Å². The summed E-state index contributed by atoms with van der Waals surface area (Å²) in [5.41, 5.74) is 2.45. The average molecular weight is 297 g/mol. The summed E-state index contributed by atoms with van der Waals surface area (Å²) >= 11 is 0. The molecule has 0 atom stereocenters. The molecule has 0 aromatic rings. The Balaban J connectivity index is 2.23. The molecule has 1 aliphatic carbocycles. The average Bonchev–Trinajstić information content (AvgIpc) is 2.73. The number of Topliss-reactive ketones (excluding diaryl/α,β-unsaturated/α-hetero) is 1. The van der Waals surface area contributed by atoms with Crippen molar-refractivity contribution in [2.75, 3.05) is 6.61 Å². The van der Waals surface area contributed by atoms with Crippen LogP contribution in [-0.4, -0.2) is 20.7 Å². The van der Waals surface area contributed by atoms with E-state index in [0.717, 1.165) is 37.9 Å². The SMILES string of the molecule is CC1=C(C(=O)CCCCO[Si](C)(C)C(C)(C)C)CCC1. The summed E-state index contributed by atoms with van der Waals surface area (Å²) in [6, 6.07) is 0. The quantitative estimate of drug-likeness (QED) is 0.474. The number of hydrogen-bond donors (Lipinski definition) is 0. The lowest BCUT2D eigenvalue weighted by Gasteiger charge is -2.36. The van der Waals surface area contributed by atoms with Crippen molar-refractivity contribution in [2.24, 2.45) is 0 Å². The van der Waals surface area contributed by atoms with Crippen molar-refractivity contribution >= 4 is 14.1 Å². The Morgan fingerprint density at radius 3 is 2.35 bits per heavy atom. The highest BCUT2D eigenvalue weighted by Crippen LogP contribution is 2.36. The van der Waals surface area contributed by atoms with Crippen molar-refractivity contribution in [3.63, 3.8) is 0 Å². The Bertz CT molecular complexity index is 375. The van der Waals surface area contributed by atoms with E-state index in [1.165, 1.54) is 12.0 Å². The van der Waals surface area contributed by atoms with E-state index in [-0.39, 0.29) is 5.04 Å². The lowest BCUT2D eigenvalue weighted by molar-refractivity contribution is -0.115. The molecule has 0 radical (unpaired) electrons. The lowest BCUT2D eigenvalue weighted by Crippen LogP contribution is -2.40. The van der Waals surface area contributed by atoms with Crippen molar-refractivity contribution in [3.8, 4) is 0 Å². The van der Waals surface area contributed by atoms with Gasteiger partial charge < -0.3 is 4.43 Å². The number of hydrogen-bond acceptors (Lipinski definition) is 2. The fourth-order valence-corrected chi connectivity index (χ4v) is 3.44. The second kappa shape index (κ2) is 7.03. The Hall–Kier alpha value is -0.413. The van der Waals surface area contributed by atoms with Gasteiger partial charge in [-0.2, -0.15) is 0 Å². The van der Waals surface area contributed by atoms with Gasteiger partial charge >= 0.3 is 0 Å². The molecule has 0 aromatic carbocycles. The molecule has 0 amide bonds.